The quantitative estimate of drug-likeness (QED) is 0.266. The summed E-state index contributed by atoms with van der Waals surface area (Å²) in [6.45, 7) is 5.63. The number of aliphatic carboxylic acids is 1. The number of benzene rings is 1. The standard InChI is InChI=1S/C23H35ClN2O4.ClH/c1-2-3-4-5-6-7-10-26-11-8-16(9-12-26)13-17-14-19(24)21(25)22-20(17)18(23(27)28)15-29-30-22;/h14,16,18H,2-13,15,25H2,1H3,(H,27,28);1H. The highest BCUT2D eigenvalue weighted by molar-refractivity contribution is 6.33. The second kappa shape index (κ2) is 12.7. The number of carboxylic acid groups (broad SMARTS) is 1. The van der Waals surface area contributed by atoms with E-state index in [0.29, 0.717) is 16.5 Å². The first-order valence-corrected chi connectivity index (χ1v) is 11.7. The van der Waals surface area contributed by atoms with E-state index in [4.69, 9.17) is 27.1 Å². The molecule has 0 bridgehead atoms. The molecular weight excluding hydrogens is 439 g/mol. The van der Waals surface area contributed by atoms with Crippen LogP contribution in [0.4, 0.5) is 5.69 Å². The van der Waals surface area contributed by atoms with Crippen molar-refractivity contribution in [3.05, 3.63) is 22.2 Å². The monoisotopic (exact) mass is 474 g/mol. The van der Waals surface area contributed by atoms with Gasteiger partial charge in [-0.2, -0.15) is 4.89 Å². The fourth-order valence-corrected chi connectivity index (χ4v) is 4.85. The van der Waals surface area contributed by atoms with Crippen molar-refractivity contribution < 1.29 is 19.7 Å². The van der Waals surface area contributed by atoms with Crippen LogP contribution in [0.3, 0.4) is 0 Å². The van der Waals surface area contributed by atoms with Gasteiger partial charge in [0, 0.05) is 5.56 Å². The molecule has 0 radical (unpaired) electrons. The second-order valence-electron chi connectivity index (χ2n) is 8.69. The maximum absolute atomic E-state index is 11.8. The molecule has 6 nitrogen and oxygen atoms in total. The van der Waals surface area contributed by atoms with Crippen LogP contribution in [0.1, 0.15) is 75.3 Å². The van der Waals surface area contributed by atoms with Gasteiger partial charge in [0.25, 0.3) is 0 Å². The van der Waals surface area contributed by atoms with Crippen molar-refractivity contribution in [2.45, 2.75) is 70.6 Å². The van der Waals surface area contributed by atoms with E-state index in [1.54, 1.807) is 0 Å². The average molecular weight is 475 g/mol. The highest BCUT2D eigenvalue weighted by Crippen LogP contribution is 2.44. The smallest absolute Gasteiger partial charge is 0.313 e. The van der Waals surface area contributed by atoms with Gasteiger partial charge >= 0.3 is 5.97 Å². The lowest BCUT2D eigenvalue weighted by atomic mass is 9.84. The van der Waals surface area contributed by atoms with E-state index in [0.717, 1.165) is 37.9 Å². The highest BCUT2D eigenvalue weighted by atomic mass is 35.5. The molecule has 0 aliphatic carbocycles. The molecule has 2 aliphatic rings. The Morgan fingerprint density at radius 2 is 1.90 bits per heavy atom. The van der Waals surface area contributed by atoms with Crippen molar-refractivity contribution in [2.24, 2.45) is 5.92 Å². The summed E-state index contributed by atoms with van der Waals surface area (Å²) in [5.41, 5.74) is 7.83. The number of unbranched alkanes of at least 4 members (excludes halogenated alkanes) is 5. The predicted molar refractivity (Wildman–Crippen MR) is 126 cm³/mol. The van der Waals surface area contributed by atoms with Gasteiger partial charge in [0.05, 0.1) is 10.7 Å². The molecule has 2 heterocycles. The summed E-state index contributed by atoms with van der Waals surface area (Å²) in [6.07, 6.45) is 11.0. The molecular formula is C23H36Cl2N2O4. The van der Waals surface area contributed by atoms with E-state index >= 15 is 0 Å². The Bertz CT molecular complexity index is 724. The number of halogens is 2. The molecule has 1 fully saturated rings. The Hall–Kier alpha value is -1.21. The molecule has 3 rings (SSSR count). The van der Waals surface area contributed by atoms with Crippen molar-refractivity contribution >= 4 is 35.7 Å². The number of carbonyl (C=O) groups is 1. The minimum absolute atomic E-state index is 0. The maximum atomic E-state index is 11.8. The van der Waals surface area contributed by atoms with Gasteiger partial charge in [0.15, 0.2) is 5.75 Å². The fraction of sp³-hybridized carbons (Fsp3) is 0.696. The molecule has 0 amide bonds. The van der Waals surface area contributed by atoms with Gasteiger partial charge < -0.3 is 20.6 Å². The van der Waals surface area contributed by atoms with Crippen LogP contribution in [0, 0.1) is 5.92 Å². The van der Waals surface area contributed by atoms with Gasteiger partial charge in [-0.25, -0.2) is 0 Å². The average Bonchev–Trinajstić information content (AvgIpc) is 2.75. The number of piperidine rings is 1. The molecule has 1 aromatic rings. The molecule has 1 atom stereocenters. The third-order valence-electron chi connectivity index (χ3n) is 6.46. The number of nitrogens with zero attached hydrogens (tertiary/aromatic N) is 1. The van der Waals surface area contributed by atoms with Crippen molar-refractivity contribution in [3.8, 4) is 5.75 Å². The van der Waals surface area contributed by atoms with E-state index < -0.39 is 11.9 Å². The van der Waals surface area contributed by atoms with E-state index in [1.807, 2.05) is 6.07 Å². The third-order valence-corrected chi connectivity index (χ3v) is 6.77. The number of nitrogens with two attached hydrogens (primary N) is 1. The summed E-state index contributed by atoms with van der Waals surface area (Å²) in [5, 5.41) is 10.0. The van der Waals surface area contributed by atoms with Crippen LogP contribution in [-0.2, 0) is 16.1 Å². The molecule has 1 saturated heterocycles. The number of rotatable bonds is 10. The molecule has 0 spiro atoms. The van der Waals surface area contributed by atoms with Gasteiger partial charge in [-0.3, -0.25) is 4.79 Å². The van der Waals surface area contributed by atoms with Gasteiger partial charge in [0.1, 0.15) is 12.5 Å². The van der Waals surface area contributed by atoms with Crippen molar-refractivity contribution in [3.63, 3.8) is 0 Å². The SMILES string of the molecule is CCCCCCCCN1CCC(Cc2cc(Cl)c(N)c3c2C(C(=O)O)COO3)CC1.Cl. The summed E-state index contributed by atoms with van der Waals surface area (Å²) in [7, 11) is 0. The minimum Gasteiger partial charge on any atom is -0.481 e. The minimum atomic E-state index is -0.934. The first-order chi connectivity index (χ1) is 14.5. The Balaban J connectivity index is 0.00000341. The summed E-state index contributed by atoms with van der Waals surface area (Å²) in [6, 6.07) is 1.82. The molecule has 0 saturated carbocycles. The molecule has 3 N–H and O–H groups in total. The number of fused-ring (bicyclic) bond motifs is 1. The zero-order valence-electron chi connectivity index (χ0n) is 18.4. The lowest BCUT2D eigenvalue weighted by Crippen LogP contribution is -2.35. The van der Waals surface area contributed by atoms with Crippen LogP contribution >= 0.6 is 24.0 Å². The van der Waals surface area contributed by atoms with Crippen molar-refractivity contribution in [2.75, 3.05) is 32.0 Å². The number of anilines is 1. The molecule has 0 aromatic heterocycles. The van der Waals surface area contributed by atoms with E-state index in [9.17, 15) is 9.90 Å². The van der Waals surface area contributed by atoms with E-state index in [-0.39, 0.29) is 30.5 Å². The van der Waals surface area contributed by atoms with Crippen LogP contribution < -0.4 is 10.6 Å². The zero-order valence-corrected chi connectivity index (χ0v) is 20.0. The first kappa shape index (κ1) is 26.0. The van der Waals surface area contributed by atoms with Gasteiger partial charge in [-0.05, 0) is 62.9 Å². The zero-order chi connectivity index (χ0) is 21.5. The Morgan fingerprint density at radius 3 is 2.58 bits per heavy atom. The largest absolute Gasteiger partial charge is 0.481 e. The Kier molecular flexibility index (Phi) is 10.7. The van der Waals surface area contributed by atoms with Gasteiger partial charge in [-0.15, -0.1) is 12.4 Å². The van der Waals surface area contributed by atoms with Crippen LogP contribution in [0.15, 0.2) is 6.07 Å². The lowest BCUT2D eigenvalue weighted by Gasteiger charge is -2.33. The Morgan fingerprint density at radius 1 is 1.23 bits per heavy atom. The second-order valence-corrected chi connectivity index (χ2v) is 9.10. The van der Waals surface area contributed by atoms with Gasteiger partial charge in [-0.1, -0.05) is 50.6 Å². The highest BCUT2D eigenvalue weighted by Gasteiger charge is 2.35. The summed E-state index contributed by atoms with van der Waals surface area (Å²) >= 11 is 6.31. The third kappa shape index (κ3) is 6.88. The van der Waals surface area contributed by atoms with Crippen LogP contribution in [-0.4, -0.2) is 42.2 Å². The molecule has 8 heteroatoms. The van der Waals surface area contributed by atoms with Crippen molar-refractivity contribution in [1.29, 1.82) is 0 Å². The molecule has 1 aromatic carbocycles. The number of likely N-dealkylation sites (tertiary alicyclic amines) is 1. The van der Waals surface area contributed by atoms with Gasteiger partial charge in [0.2, 0.25) is 0 Å². The van der Waals surface area contributed by atoms with E-state index in [2.05, 4.69) is 11.8 Å². The normalized spacial score (nSPS) is 19.4. The summed E-state index contributed by atoms with van der Waals surface area (Å²) in [5.74, 6) is -0.934. The molecule has 1 unspecified atom stereocenters. The van der Waals surface area contributed by atoms with Crippen molar-refractivity contribution in [1.82, 2.24) is 4.90 Å². The Labute approximate surface area is 196 Å². The number of hydrogen-bond donors (Lipinski definition) is 2. The first-order valence-electron chi connectivity index (χ1n) is 11.4. The van der Waals surface area contributed by atoms with Crippen LogP contribution in [0.5, 0.6) is 5.75 Å². The fourth-order valence-electron chi connectivity index (χ4n) is 4.63. The molecule has 31 heavy (non-hydrogen) atoms. The van der Waals surface area contributed by atoms with Crippen LogP contribution in [0.25, 0.3) is 0 Å². The predicted octanol–water partition coefficient (Wildman–Crippen LogP) is 5.45. The number of nitrogen functional groups attached to an aromatic ring is 1. The summed E-state index contributed by atoms with van der Waals surface area (Å²) in [4.78, 5) is 24.6. The number of hydrogen-bond acceptors (Lipinski definition) is 5. The summed E-state index contributed by atoms with van der Waals surface area (Å²) < 4.78 is 0. The van der Waals surface area contributed by atoms with E-state index in [1.165, 1.54) is 45.1 Å². The topological polar surface area (TPSA) is 85.0 Å². The van der Waals surface area contributed by atoms with Crippen LogP contribution in [0.2, 0.25) is 5.02 Å². The number of carboxylic acids is 1. The maximum Gasteiger partial charge on any atom is 0.313 e. The lowest BCUT2D eigenvalue weighted by molar-refractivity contribution is -0.222. The molecule has 2 aliphatic heterocycles. The molecule has 176 valence electrons.